The van der Waals surface area contributed by atoms with E-state index in [1.54, 1.807) is 6.07 Å². The van der Waals surface area contributed by atoms with Gasteiger partial charge in [-0.25, -0.2) is 8.42 Å². The van der Waals surface area contributed by atoms with Gasteiger partial charge in [0.15, 0.2) is 0 Å². The second-order valence-electron chi connectivity index (χ2n) is 8.13. The number of sulfonamides is 1. The fraction of sp³-hybridized carbons (Fsp3) is 0.458. The van der Waals surface area contributed by atoms with Crippen molar-refractivity contribution in [3.05, 3.63) is 48.5 Å². The van der Waals surface area contributed by atoms with Gasteiger partial charge in [0, 0.05) is 19.6 Å². The average molecular weight is 476 g/mol. The number of ether oxygens (including phenoxy) is 2. The van der Waals surface area contributed by atoms with Gasteiger partial charge in [0.05, 0.1) is 24.2 Å². The van der Waals surface area contributed by atoms with E-state index in [4.69, 9.17) is 9.47 Å². The van der Waals surface area contributed by atoms with E-state index in [9.17, 15) is 13.2 Å². The van der Waals surface area contributed by atoms with Gasteiger partial charge in [-0.1, -0.05) is 31.0 Å². The molecule has 0 aromatic heterocycles. The highest BCUT2D eigenvalue weighted by Crippen LogP contribution is 2.29. The summed E-state index contributed by atoms with van der Waals surface area (Å²) in [7, 11) is -0.319. The van der Waals surface area contributed by atoms with Crippen LogP contribution < -0.4 is 14.8 Å². The Balaban J connectivity index is 1.61. The molecule has 1 amide bonds. The Kier molecular flexibility index (Phi) is 9.11. The number of para-hydroxylation sites is 1. The standard InChI is InChI=1S/C24H33N3O5S/c1-26(16-17-32-20-10-6-5-7-11-20)19-24(28)25-22-18-21(12-13-23(22)31-2)33(29,30)27-14-8-3-4-9-15-27/h5-7,10-13,18H,3-4,8-9,14-17,19H2,1-2H3,(H,25,28). The zero-order valence-corrected chi connectivity index (χ0v) is 20.1. The lowest BCUT2D eigenvalue weighted by Crippen LogP contribution is -2.33. The number of likely N-dealkylation sites (N-methyl/N-ethyl adjacent to an activating group) is 1. The Morgan fingerprint density at radius 2 is 1.76 bits per heavy atom. The molecule has 0 saturated carbocycles. The number of hydrogen-bond donors (Lipinski definition) is 1. The summed E-state index contributed by atoms with van der Waals surface area (Å²) in [6, 6.07) is 14.1. The topological polar surface area (TPSA) is 88.2 Å². The second-order valence-corrected chi connectivity index (χ2v) is 10.1. The third kappa shape index (κ3) is 7.18. The van der Waals surface area contributed by atoms with Crippen molar-refractivity contribution in [1.29, 1.82) is 0 Å². The molecule has 1 saturated heterocycles. The van der Waals surface area contributed by atoms with Crippen molar-refractivity contribution >= 4 is 21.6 Å². The normalized spacial score (nSPS) is 15.1. The molecule has 33 heavy (non-hydrogen) atoms. The molecule has 180 valence electrons. The van der Waals surface area contributed by atoms with Crippen molar-refractivity contribution in [3.63, 3.8) is 0 Å². The van der Waals surface area contributed by atoms with Crippen LogP contribution in [0, 0.1) is 0 Å². The molecule has 2 aromatic rings. The minimum Gasteiger partial charge on any atom is -0.495 e. The van der Waals surface area contributed by atoms with Crippen molar-refractivity contribution in [2.75, 3.05) is 52.3 Å². The van der Waals surface area contributed by atoms with E-state index in [1.807, 2.05) is 42.3 Å². The van der Waals surface area contributed by atoms with Crippen molar-refractivity contribution < 1.29 is 22.7 Å². The van der Waals surface area contributed by atoms with Crippen LogP contribution >= 0.6 is 0 Å². The number of anilines is 1. The Bertz CT molecular complexity index is 1010. The summed E-state index contributed by atoms with van der Waals surface area (Å²) in [4.78, 5) is 14.6. The quantitative estimate of drug-likeness (QED) is 0.568. The van der Waals surface area contributed by atoms with Crippen LogP contribution in [0.4, 0.5) is 5.69 Å². The Morgan fingerprint density at radius 1 is 1.06 bits per heavy atom. The molecular formula is C24H33N3O5S. The van der Waals surface area contributed by atoms with Gasteiger partial charge in [0.2, 0.25) is 15.9 Å². The zero-order chi connectivity index (χ0) is 23.7. The number of carbonyl (C=O) groups excluding carboxylic acids is 1. The van der Waals surface area contributed by atoms with E-state index in [2.05, 4.69) is 5.32 Å². The third-order valence-corrected chi connectivity index (χ3v) is 7.44. The lowest BCUT2D eigenvalue weighted by atomic mass is 10.2. The molecule has 0 radical (unpaired) electrons. The molecule has 8 nitrogen and oxygen atoms in total. The molecule has 1 aliphatic rings. The van der Waals surface area contributed by atoms with Gasteiger partial charge in [0.1, 0.15) is 18.1 Å². The van der Waals surface area contributed by atoms with Crippen LogP contribution in [0.15, 0.2) is 53.4 Å². The highest BCUT2D eigenvalue weighted by Gasteiger charge is 2.26. The molecule has 0 unspecified atom stereocenters. The van der Waals surface area contributed by atoms with E-state index in [0.717, 1.165) is 31.4 Å². The van der Waals surface area contributed by atoms with Gasteiger partial charge in [-0.05, 0) is 50.2 Å². The lowest BCUT2D eigenvalue weighted by Gasteiger charge is -2.21. The van der Waals surface area contributed by atoms with Crippen LogP contribution in [0.1, 0.15) is 25.7 Å². The van der Waals surface area contributed by atoms with Gasteiger partial charge < -0.3 is 14.8 Å². The molecule has 3 rings (SSSR count). The smallest absolute Gasteiger partial charge is 0.243 e. The zero-order valence-electron chi connectivity index (χ0n) is 19.3. The average Bonchev–Trinajstić information content (AvgIpc) is 3.10. The first-order valence-electron chi connectivity index (χ1n) is 11.2. The van der Waals surface area contributed by atoms with E-state index in [0.29, 0.717) is 37.7 Å². The molecule has 2 aromatic carbocycles. The third-order valence-electron chi connectivity index (χ3n) is 5.55. The Labute approximate surface area is 196 Å². The molecule has 0 bridgehead atoms. The fourth-order valence-corrected chi connectivity index (χ4v) is 5.27. The van der Waals surface area contributed by atoms with Crippen molar-refractivity contribution in [3.8, 4) is 11.5 Å². The highest BCUT2D eigenvalue weighted by atomic mass is 32.2. The SMILES string of the molecule is COc1ccc(S(=O)(=O)N2CCCCCC2)cc1NC(=O)CN(C)CCOc1ccccc1. The van der Waals surface area contributed by atoms with Crippen LogP contribution in [0.5, 0.6) is 11.5 Å². The van der Waals surface area contributed by atoms with Gasteiger partial charge in [-0.15, -0.1) is 0 Å². The monoisotopic (exact) mass is 475 g/mol. The largest absolute Gasteiger partial charge is 0.495 e. The Hall–Kier alpha value is -2.62. The minimum absolute atomic E-state index is 0.129. The molecule has 0 aliphatic carbocycles. The lowest BCUT2D eigenvalue weighted by molar-refractivity contribution is -0.117. The molecule has 1 aliphatic heterocycles. The second kappa shape index (κ2) is 12.0. The molecule has 1 fully saturated rings. The maximum absolute atomic E-state index is 13.1. The van der Waals surface area contributed by atoms with Crippen LogP contribution in [-0.2, 0) is 14.8 Å². The summed E-state index contributed by atoms with van der Waals surface area (Å²) in [5, 5.41) is 2.80. The summed E-state index contributed by atoms with van der Waals surface area (Å²) in [6.07, 6.45) is 3.80. The van der Waals surface area contributed by atoms with Crippen LogP contribution in [0.2, 0.25) is 0 Å². The number of hydrogen-bond acceptors (Lipinski definition) is 6. The maximum Gasteiger partial charge on any atom is 0.243 e. The number of benzene rings is 2. The van der Waals surface area contributed by atoms with Crippen molar-refractivity contribution in [2.45, 2.75) is 30.6 Å². The number of amides is 1. The van der Waals surface area contributed by atoms with E-state index < -0.39 is 10.0 Å². The molecule has 0 spiro atoms. The summed E-state index contributed by atoms with van der Waals surface area (Å²) < 4.78 is 38.8. The Morgan fingerprint density at radius 3 is 2.42 bits per heavy atom. The number of carbonyl (C=O) groups is 1. The fourth-order valence-electron chi connectivity index (χ4n) is 3.73. The van der Waals surface area contributed by atoms with Crippen LogP contribution in [0.3, 0.4) is 0 Å². The first-order chi connectivity index (χ1) is 15.9. The number of rotatable bonds is 10. The van der Waals surface area contributed by atoms with E-state index in [1.165, 1.54) is 23.5 Å². The number of nitrogens with zero attached hydrogens (tertiary/aromatic N) is 2. The maximum atomic E-state index is 13.1. The van der Waals surface area contributed by atoms with Gasteiger partial charge in [-0.3, -0.25) is 9.69 Å². The van der Waals surface area contributed by atoms with Crippen LogP contribution in [-0.4, -0.2) is 70.5 Å². The molecule has 9 heteroatoms. The van der Waals surface area contributed by atoms with E-state index in [-0.39, 0.29) is 17.3 Å². The van der Waals surface area contributed by atoms with E-state index >= 15 is 0 Å². The predicted octanol–water partition coefficient (Wildman–Crippen LogP) is 3.21. The molecular weight excluding hydrogens is 442 g/mol. The summed E-state index contributed by atoms with van der Waals surface area (Å²) in [5.74, 6) is 0.926. The van der Waals surface area contributed by atoms with Gasteiger partial charge >= 0.3 is 0 Å². The highest BCUT2D eigenvalue weighted by molar-refractivity contribution is 7.89. The molecule has 1 N–H and O–H groups in total. The first kappa shape index (κ1) is 25.0. The summed E-state index contributed by atoms with van der Waals surface area (Å²) in [5.41, 5.74) is 0.340. The summed E-state index contributed by atoms with van der Waals surface area (Å²) in [6.45, 7) is 2.17. The van der Waals surface area contributed by atoms with Gasteiger partial charge in [0.25, 0.3) is 0 Å². The minimum atomic E-state index is -3.63. The van der Waals surface area contributed by atoms with Crippen molar-refractivity contribution in [1.82, 2.24) is 9.21 Å². The number of nitrogens with one attached hydrogen (secondary N) is 1. The van der Waals surface area contributed by atoms with Crippen molar-refractivity contribution in [2.24, 2.45) is 0 Å². The summed E-state index contributed by atoms with van der Waals surface area (Å²) >= 11 is 0. The molecule has 0 atom stereocenters. The molecule has 1 heterocycles. The van der Waals surface area contributed by atoms with Crippen LogP contribution in [0.25, 0.3) is 0 Å². The predicted molar refractivity (Wildman–Crippen MR) is 128 cm³/mol. The van der Waals surface area contributed by atoms with Gasteiger partial charge in [-0.2, -0.15) is 4.31 Å². The first-order valence-corrected chi connectivity index (χ1v) is 12.7. The number of methoxy groups -OCH3 is 1.